The Morgan fingerprint density at radius 3 is 2.52 bits per heavy atom. The number of hydrogen-bond acceptors (Lipinski definition) is 9. The average Bonchev–Trinajstić information content (AvgIpc) is 3.74. The number of methoxy groups -OCH3 is 1. The minimum Gasteiger partial charge on any atom is -0.493 e. The number of nitro groups is 1. The summed E-state index contributed by atoms with van der Waals surface area (Å²) >= 11 is 1.22. The molecule has 0 radical (unpaired) electrons. The summed E-state index contributed by atoms with van der Waals surface area (Å²) in [5.41, 5.74) is 3.39. The number of fused-ring (bicyclic) bond motifs is 1. The van der Waals surface area contributed by atoms with E-state index in [4.69, 9.17) is 14.6 Å². The molecule has 0 bridgehead atoms. The molecule has 0 aliphatic carbocycles. The first-order valence-electron chi connectivity index (χ1n) is 13.3. The summed E-state index contributed by atoms with van der Waals surface area (Å²) in [7, 11) is 1.57. The third-order valence-corrected chi connectivity index (χ3v) is 7.53. The maximum atomic E-state index is 13.3. The fourth-order valence-corrected chi connectivity index (χ4v) is 5.37. The molecule has 3 aromatic carbocycles. The van der Waals surface area contributed by atoms with Gasteiger partial charge in [0.25, 0.3) is 11.2 Å². The van der Waals surface area contributed by atoms with Crippen molar-refractivity contribution in [2.24, 2.45) is 0 Å². The molecule has 3 aromatic heterocycles. The number of aromatic nitrogens is 5. The third-order valence-electron chi connectivity index (χ3n) is 6.57. The molecule has 6 rings (SSSR count). The number of non-ortho nitro benzene ring substituents is 1. The van der Waals surface area contributed by atoms with Gasteiger partial charge in [0.05, 0.1) is 27.9 Å². The zero-order chi connectivity index (χ0) is 30.6. The number of ether oxygens (including phenoxy) is 2. The zero-order valence-electron chi connectivity index (χ0n) is 23.4. The summed E-state index contributed by atoms with van der Waals surface area (Å²) in [5.74, 6) is 1.59. The van der Waals surface area contributed by atoms with E-state index in [-0.39, 0.29) is 11.2 Å². The van der Waals surface area contributed by atoms with Gasteiger partial charge < -0.3 is 9.47 Å². The van der Waals surface area contributed by atoms with E-state index < -0.39 is 4.92 Å². The Hall–Kier alpha value is -5.88. The molecule has 6 aromatic rings. The van der Waals surface area contributed by atoms with Gasteiger partial charge >= 0.3 is 0 Å². The number of thiazole rings is 1. The summed E-state index contributed by atoms with van der Waals surface area (Å²) in [6.07, 6.45) is 8.76. The Morgan fingerprint density at radius 2 is 1.82 bits per heavy atom. The van der Waals surface area contributed by atoms with Crippen LogP contribution < -0.4 is 19.6 Å². The van der Waals surface area contributed by atoms with E-state index in [1.807, 2.05) is 54.6 Å². The molecule has 0 saturated carbocycles. The highest BCUT2D eigenvalue weighted by atomic mass is 32.1. The fourth-order valence-electron chi connectivity index (χ4n) is 4.46. The van der Waals surface area contributed by atoms with Crippen molar-refractivity contribution in [2.75, 3.05) is 13.7 Å². The van der Waals surface area contributed by atoms with Gasteiger partial charge in [-0.25, -0.2) is 4.68 Å². The lowest BCUT2D eigenvalue weighted by Gasteiger charge is -2.09. The number of benzene rings is 3. The van der Waals surface area contributed by atoms with Crippen molar-refractivity contribution in [3.05, 3.63) is 134 Å². The number of hydrogen-bond donors (Lipinski definition) is 0. The first kappa shape index (κ1) is 28.2. The molecule has 0 amide bonds. The second-order valence-electron chi connectivity index (χ2n) is 9.44. The van der Waals surface area contributed by atoms with Crippen LogP contribution in [-0.4, -0.2) is 43.0 Å². The van der Waals surface area contributed by atoms with Crippen molar-refractivity contribution >= 4 is 40.2 Å². The second kappa shape index (κ2) is 12.2. The van der Waals surface area contributed by atoms with Crippen molar-refractivity contribution in [2.45, 2.75) is 0 Å². The van der Waals surface area contributed by atoms with Crippen LogP contribution in [0.1, 0.15) is 17.0 Å². The van der Waals surface area contributed by atoms with Gasteiger partial charge in [-0.3, -0.25) is 14.9 Å². The van der Waals surface area contributed by atoms with Gasteiger partial charge in [-0.15, -0.1) is 5.10 Å². The monoisotopic (exact) mass is 604 g/mol. The second-order valence-corrected chi connectivity index (χ2v) is 10.4. The van der Waals surface area contributed by atoms with E-state index in [1.165, 1.54) is 28.0 Å². The predicted molar refractivity (Wildman–Crippen MR) is 169 cm³/mol. The van der Waals surface area contributed by atoms with Crippen molar-refractivity contribution in [3.63, 3.8) is 0 Å². The molecule has 0 saturated heterocycles. The molecular weight excluding hydrogens is 580 g/mol. The molecule has 0 atom stereocenters. The number of rotatable bonds is 10. The van der Waals surface area contributed by atoms with E-state index in [2.05, 4.69) is 16.7 Å². The number of nitrogens with zero attached hydrogens (tertiary/aromatic N) is 6. The normalized spacial score (nSPS) is 11.8. The Balaban J connectivity index is 1.33. The lowest BCUT2D eigenvalue weighted by molar-refractivity contribution is -0.384. The molecule has 0 aliphatic rings. The van der Waals surface area contributed by atoms with Crippen LogP contribution in [0.2, 0.25) is 0 Å². The molecule has 0 N–H and O–H groups in total. The standard InChI is InChI=1S/C32H24N6O5S/c1-3-17-43-26-15-9-21(18-27(26)42-2)10-16-29-33-32-37(34-29)31(39)28(44-32)19-23-20-36(24-11-13-25(14-12-24)38(40)41)35-30(23)22-7-5-4-6-8-22/h3-16,18-20H,1,17H2,2H3/b16-10+,28-19-. The Morgan fingerprint density at radius 1 is 1.02 bits per heavy atom. The molecule has 0 aliphatic heterocycles. The maximum Gasteiger partial charge on any atom is 0.291 e. The van der Waals surface area contributed by atoms with E-state index in [1.54, 1.807) is 48.3 Å². The van der Waals surface area contributed by atoms with Crippen LogP contribution in [0, 0.1) is 10.1 Å². The van der Waals surface area contributed by atoms with Gasteiger partial charge in [0.2, 0.25) is 4.96 Å². The summed E-state index contributed by atoms with van der Waals surface area (Å²) < 4.78 is 14.4. The van der Waals surface area contributed by atoms with E-state index in [0.717, 1.165) is 11.1 Å². The average molecular weight is 605 g/mol. The van der Waals surface area contributed by atoms with Crippen molar-refractivity contribution in [3.8, 4) is 28.4 Å². The quantitative estimate of drug-likeness (QED) is 0.119. The van der Waals surface area contributed by atoms with Gasteiger partial charge in [0.15, 0.2) is 17.3 Å². The van der Waals surface area contributed by atoms with Gasteiger partial charge in [-0.05, 0) is 42.0 Å². The molecule has 11 nitrogen and oxygen atoms in total. The van der Waals surface area contributed by atoms with Crippen molar-refractivity contribution in [1.82, 2.24) is 24.4 Å². The highest BCUT2D eigenvalue weighted by Gasteiger charge is 2.15. The minimum absolute atomic E-state index is 0.0119. The molecule has 0 unspecified atom stereocenters. The number of nitro benzene ring substituents is 1. The van der Waals surface area contributed by atoms with Gasteiger partial charge in [-0.2, -0.15) is 14.6 Å². The predicted octanol–water partition coefficient (Wildman–Crippen LogP) is 5.20. The highest BCUT2D eigenvalue weighted by molar-refractivity contribution is 7.15. The van der Waals surface area contributed by atoms with Gasteiger partial charge in [0, 0.05) is 29.5 Å². The smallest absolute Gasteiger partial charge is 0.291 e. The zero-order valence-corrected chi connectivity index (χ0v) is 24.2. The van der Waals surface area contributed by atoms with Crippen LogP contribution in [0.5, 0.6) is 11.5 Å². The largest absolute Gasteiger partial charge is 0.493 e. The first-order valence-corrected chi connectivity index (χ1v) is 14.2. The Bertz CT molecular complexity index is 2130. The molecule has 0 spiro atoms. The summed E-state index contributed by atoms with van der Waals surface area (Å²) in [6, 6.07) is 21.2. The lowest BCUT2D eigenvalue weighted by Crippen LogP contribution is -2.23. The van der Waals surface area contributed by atoms with Crippen LogP contribution >= 0.6 is 11.3 Å². The van der Waals surface area contributed by atoms with Crippen LogP contribution in [0.3, 0.4) is 0 Å². The Labute approximate surface area is 254 Å². The molecule has 0 fully saturated rings. The highest BCUT2D eigenvalue weighted by Crippen LogP contribution is 2.29. The van der Waals surface area contributed by atoms with E-state index >= 15 is 0 Å². The first-order chi connectivity index (χ1) is 21.4. The summed E-state index contributed by atoms with van der Waals surface area (Å²) in [5, 5.41) is 20.2. The molecule has 44 heavy (non-hydrogen) atoms. The van der Waals surface area contributed by atoms with Crippen LogP contribution in [0.4, 0.5) is 5.69 Å². The van der Waals surface area contributed by atoms with Crippen LogP contribution in [-0.2, 0) is 0 Å². The van der Waals surface area contributed by atoms with Crippen LogP contribution in [0.15, 0.2) is 96.4 Å². The maximum absolute atomic E-state index is 13.3. The van der Waals surface area contributed by atoms with Crippen molar-refractivity contribution < 1.29 is 14.4 Å². The topological polar surface area (TPSA) is 127 Å². The molecule has 3 heterocycles. The molecular formula is C32H24N6O5S. The SMILES string of the molecule is C=CCOc1ccc(/C=C/c2nc3s/c(=C\c4cn(-c5ccc([N+](=O)[O-])cc5)nc4-c4ccccc4)c(=O)n3n2)cc1OC. The third kappa shape index (κ3) is 5.74. The van der Waals surface area contributed by atoms with Gasteiger partial charge in [0.1, 0.15) is 6.61 Å². The van der Waals surface area contributed by atoms with E-state index in [0.29, 0.717) is 50.4 Å². The minimum atomic E-state index is -0.449. The molecule has 218 valence electrons. The fraction of sp³-hybridized carbons (Fsp3) is 0.0625. The molecule has 12 heteroatoms. The van der Waals surface area contributed by atoms with Gasteiger partial charge in [-0.1, -0.05) is 66.5 Å². The summed E-state index contributed by atoms with van der Waals surface area (Å²) in [4.78, 5) is 29.0. The Kier molecular flexibility index (Phi) is 7.80. The van der Waals surface area contributed by atoms with E-state index in [9.17, 15) is 14.9 Å². The summed E-state index contributed by atoms with van der Waals surface area (Å²) in [6.45, 7) is 4.02. The lowest BCUT2D eigenvalue weighted by atomic mass is 10.1. The van der Waals surface area contributed by atoms with Crippen LogP contribution in [0.25, 0.3) is 40.1 Å². The van der Waals surface area contributed by atoms with Crippen molar-refractivity contribution in [1.29, 1.82) is 0 Å².